The topological polar surface area (TPSA) is 49.4 Å². The Labute approximate surface area is 173 Å². The number of piperazine rings is 1. The molecule has 1 fully saturated rings. The first kappa shape index (κ1) is 21.6. The number of nitrogens with one attached hydrogen (secondary N) is 1. The van der Waals surface area contributed by atoms with E-state index < -0.39 is 35.4 Å². The molecular weight excluding hydrogens is 393 g/mol. The second kappa shape index (κ2) is 9.15. The van der Waals surface area contributed by atoms with Gasteiger partial charge in [0.2, 0.25) is 11.8 Å². The maximum absolute atomic E-state index is 14.2. The number of halogens is 3. The Morgan fingerprint density at radius 2 is 1.90 bits per heavy atom. The summed E-state index contributed by atoms with van der Waals surface area (Å²) < 4.78 is 41.2. The number of rotatable bonds is 5. The van der Waals surface area contributed by atoms with Gasteiger partial charge in [0.15, 0.2) is 0 Å². The fourth-order valence-corrected chi connectivity index (χ4v) is 3.53. The highest BCUT2D eigenvalue weighted by molar-refractivity contribution is 5.96. The summed E-state index contributed by atoms with van der Waals surface area (Å²) in [5.74, 6) is -2.70. The summed E-state index contributed by atoms with van der Waals surface area (Å²) in [5.41, 5.74) is 0.345. The molecule has 1 N–H and O–H groups in total. The average molecular weight is 416 g/mol. The average Bonchev–Trinajstić information content (AvgIpc) is 2.68. The van der Waals surface area contributed by atoms with Crippen LogP contribution in [0, 0.1) is 23.4 Å². The van der Waals surface area contributed by atoms with Gasteiger partial charge in [0, 0.05) is 29.8 Å². The van der Waals surface area contributed by atoms with Crippen LogP contribution < -0.4 is 5.32 Å². The van der Waals surface area contributed by atoms with Gasteiger partial charge in [-0.2, -0.15) is 0 Å². The minimum atomic E-state index is -0.793. The van der Waals surface area contributed by atoms with Gasteiger partial charge < -0.3 is 10.2 Å². The van der Waals surface area contributed by atoms with Crippen LogP contribution in [0.15, 0.2) is 48.5 Å². The van der Waals surface area contributed by atoms with E-state index in [9.17, 15) is 22.8 Å². The van der Waals surface area contributed by atoms with Gasteiger partial charge in [-0.1, -0.05) is 32.0 Å². The van der Waals surface area contributed by atoms with Crippen LogP contribution in [0.3, 0.4) is 0 Å². The second-order valence-electron chi connectivity index (χ2n) is 7.72. The van der Waals surface area contributed by atoms with Crippen molar-refractivity contribution < 1.29 is 22.8 Å². The van der Waals surface area contributed by atoms with Gasteiger partial charge in [0.25, 0.3) is 0 Å². The lowest BCUT2D eigenvalue weighted by Crippen LogP contribution is -2.58. The monoisotopic (exact) mass is 416 g/mol. The summed E-state index contributed by atoms with van der Waals surface area (Å²) in [6.07, 6.45) is 2.83. The molecule has 0 bridgehead atoms. The van der Waals surface area contributed by atoms with Crippen LogP contribution in [0.25, 0.3) is 6.08 Å². The molecule has 0 radical (unpaired) electrons. The highest BCUT2D eigenvalue weighted by Gasteiger charge is 2.38. The summed E-state index contributed by atoms with van der Waals surface area (Å²) in [6.45, 7) is 3.95. The Kier molecular flexibility index (Phi) is 6.59. The standard InChI is InChI=1S/C23H23F3N2O2/c1-14(2)11-21-23(30)27-20(17-5-3-4-6-18(17)25)13-28(21)22(29)10-8-15-7-9-16(24)12-19(15)26/h3-10,12,14,20-21H,11,13H2,1-2H3,(H,27,30)/b10-8+/t20-,21+/m1/s1. The van der Waals surface area contributed by atoms with Gasteiger partial charge in [0.1, 0.15) is 23.5 Å². The van der Waals surface area contributed by atoms with Crippen LogP contribution in [-0.4, -0.2) is 29.3 Å². The zero-order valence-electron chi connectivity index (χ0n) is 16.7. The zero-order valence-corrected chi connectivity index (χ0v) is 16.7. The highest BCUT2D eigenvalue weighted by atomic mass is 19.1. The first-order valence-electron chi connectivity index (χ1n) is 9.74. The molecule has 2 aromatic rings. The fourth-order valence-electron chi connectivity index (χ4n) is 3.53. The van der Waals surface area contributed by atoms with Gasteiger partial charge in [-0.15, -0.1) is 0 Å². The third-order valence-electron chi connectivity index (χ3n) is 5.00. The molecule has 3 rings (SSSR count). The van der Waals surface area contributed by atoms with E-state index in [0.717, 1.165) is 18.2 Å². The van der Waals surface area contributed by atoms with Gasteiger partial charge in [-0.25, -0.2) is 13.2 Å². The maximum atomic E-state index is 14.2. The molecular formula is C23H23F3N2O2. The van der Waals surface area contributed by atoms with Crippen LogP contribution in [-0.2, 0) is 9.59 Å². The van der Waals surface area contributed by atoms with Crippen molar-refractivity contribution in [2.24, 2.45) is 5.92 Å². The van der Waals surface area contributed by atoms with E-state index in [2.05, 4.69) is 5.32 Å². The molecule has 7 heteroatoms. The van der Waals surface area contributed by atoms with Gasteiger partial charge in [0.05, 0.1) is 6.04 Å². The summed E-state index contributed by atoms with van der Waals surface area (Å²) >= 11 is 0. The molecule has 1 aliphatic heterocycles. The molecule has 30 heavy (non-hydrogen) atoms. The minimum absolute atomic E-state index is 0.0530. The Bertz CT molecular complexity index is 975. The molecule has 2 atom stereocenters. The van der Waals surface area contributed by atoms with Crippen LogP contribution >= 0.6 is 0 Å². The molecule has 0 aromatic heterocycles. The lowest BCUT2D eigenvalue weighted by atomic mass is 9.95. The number of amides is 2. The summed E-state index contributed by atoms with van der Waals surface area (Å²) in [7, 11) is 0. The fraction of sp³-hybridized carbons (Fsp3) is 0.304. The van der Waals surface area contributed by atoms with Crippen molar-refractivity contribution >= 4 is 17.9 Å². The first-order valence-corrected chi connectivity index (χ1v) is 9.74. The number of carbonyl (C=O) groups is 2. The number of nitrogens with zero attached hydrogens (tertiary/aromatic N) is 1. The molecule has 0 spiro atoms. The largest absolute Gasteiger partial charge is 0.346 e. The van der Waals surface area contributed by atoms with E-state index in [1.807, 2.05) is 13.8 Å². The molecule has 0 unspecified atom stereocenters. The van der Waals surface area contributed by atoms with Crippen molar-refractivity contribution in [2.45, 2.75) is 32.4 Å². The predicted molar refractivity (Wildman–Crippen MR) is 108 cm³/mol. The molecule has 158 valence electrons. The smallest absolute Gasteiger partial charge is 0.247 e. The molecule has 2 aromatic carbocycles. The third-order valence-corrected chi connectivity index (χ3v) is 5.00. The Morgan fingerprint density at radius 3 is 2.57 bits per heavy atom. The van der Waals surface area contributed by atoms with E-state index in [4.69, 9.17) is 0 Å². The van der Waals surface area contributed by atoms with Crippen LogP contribution in [0.1, 0.15) is 37.4 Å². The second-order valence-corrected chi connectivity index (χ2v) is 7.72. The number of hydrogen-bond acceptors (Lipinski definition) is 2. The van der Waals surface area contributed by atoms with Crippen LogP contribution in [0.4, 0.5) is 13.2 Å². The van der Waals surface area contributed by atoms with Crippen LogP contribution in [0.5, 0.6) is 0 Å². The molecule has 1 aliphatic rings. The summed E-state index contributed by atoms with van der Waals surface area (Å²) in [5, 5.41) is 2.80. The molecule has 1 heterocycles. The van der Waals surface area contributed by atoms with E-state index in [-0.39, 0.29) is 23.9 Å². The highest BCUT2D eigenvalue weighted by Crippen LogP contribution is 2.26. The van der Waals surface area contributed by atoms with E-state index in [1.165, 1.54) is 23.1 Å². The molecule has 1 saturated heterocycles. The molecule has 2 amide bonds. The van der Waals surface area contributed by atoms with Crippen LogP contribution in [0.2, 0.25) is 0 Å². The molecule has 0 aliphatic carbocycles. The van der Waals surface area contributed by atoms with Gasteiger partial charge in [-0.3, -0.25) is 9.59 Å². The normalized spacial score (nSPS) is 19.4. The Hall–Kier alpha value is -3.09. The minimum Gasteiger partial charge on any atom is -0.346 e. The molecule has 4 nitrogen and oxygen atoms in total. The van der Waals surface area contributed by atoms with Crippen molar-refractivity contribution in [3.8, 4) is 0 Å². The quantitative estimate of drug-likeness (QED) is 0.742. The maximum Gasteiger partial charge on any atom is 0.247 e. The van der Waals surface area contributed by atoms with E-state index in [0.29, 0.717) is 12.0 Å². The predicted octanol–water partition coefficient (Wildman–Crippen LogP) is 4.23. The summed E-state index contributed by atoms with van der Waals surface area (Å²) in [4.78, 5) is 27.1. The number of benzene rings is 2. The lowest BCUT2D eigenvalue weighted by Gasteiger charge is -2.40. The SMILES string of the molecule is CC(C)C[C@H]1C(=O)N[C@@H](c2ccccc2F)CN1C(=O)/C=C/c1ccc(F)cc1F. The van der Waals surface area contributed by atoms with Crippen molar-refractivity contribution in [1.82, 2.24) is 10.2 Å². The van der Waals surface area contributed by atoms with Gasteiger partial charge >= 0.3 is 0 Å². The number of carbonyl (C=O) groups excluding carboxylic acids is 2. The van der Waals surface area contributed by atoms with Crippen molar-refractivity contribution in [3.05, 3.63) is 77.1 Å². The van der Waals surface area contributed by atoms with E-state index >= 15 is 0 Å². The number of hydrogen-bond donors (Lipinski definition) is 1. The van der Waals surface area contributed by atoms with Crippen molar-refractivity contribution in [2.75, 3.05) is 6.54 Å². The van der Waals surface area contributed by atoms with Crippen molar-refractivity contribution in [1.29, 1.82) is 0 Å². The first-order chi connectivity index (χ1) is 14.3. The zero-order chi connectivity index (χ0) is 21.8. The summed E-state index contributed by atoms with van der Waals surface area (Å²) in [6, 6.07) is 7.71. The molecule has 0 saturated carbocycles. The third kappa shape index (κ3) is 4.90. The van der Waals surface area contributed by atoms with Crippen molar-refractivity contribution in [3.63, 3.8) is 0 Å². The lowest BCUT2D eigenvalue weighted by molar-refractivity contribution is -0.142. The Balaban J connectivity index is 1.87. The van der Waals surface area contributed by atoms with Gasteiger partial charge in [-0.05, 0) is 36.6 Å². The van der Waals surface area contributed by atoms with E-state index in [1.54, 1.807) is 18.2 Å². The Morgan fingerprint density at radius 1 is 1.17 bits per heavy atom.